The quantitative estimate of drug-likeness (QED) is 0.810. The molecule has 0 aliphatic rings. The van der Waals surface area contributed by atoms with Gasteiger partial charge in [-0.1, -0.05) is 17.7 Å². The molecule has 0 spiro atoms. The van der Waals surface area contributed by atoms with Crippen LogP contribution in [0.2, 0.25) is 5.02 Å². The van der Waals surface area contributed by atoms with Gasteiger partial charge in [0.1, 0.15) is 18.0 Å². The number of nitrogens with zero attached hydrogens (tertiary/aromatic N) is 1. The topological polar surface area (TPSA) is 67.9 Å². The number of carbonyl (C=O) groups excluding carboxylic acids is 2. The Morgan fingerprint density at radius 1 is 1.11 bits per heavy atom. The fourth-order valence-electron chi connectivity index (χ4n) is 2.77. The summed E-state index contributed by atoms with van der Waals surface area (Å²) in [6.45, 7) is 4.98. The number of methoxy groups -OCH3 is 2. The first-order chi connectivity index (χ1) is 12.8. The zero-order chi connectivity index (χ0) is 20.1. The van der Waals surface area contributed by atoms with Crippen LogP contribution in [0.5, 0.6) is 11.5 Å². The number of aryl methyl sites for hydroxylation is 2. The highest BCUT2D eigenvalue weighted by Gasteiger charge is 2.21. The molecular weight excluding hydrogens is 368 g/mol. The van der Waals surface area contributed by atoms with E-state index in [4.69, 9.17) is 21.1 Å². The van der Waals surface area contributed by atoms with E-state index in [9.17, 15) is 9.59 Å². The first kappa shape index (κ1) is 20.6. The van der Waals surface area contributed by atoms with Gasteiger partial charge in [-0.25, -0.2) is 0 Å². The third kappa shape index (κ3) is 4.92. The minimum absolute atomic E-state index is 0.192. The molecule has 2 aromatic rings. The van der Waals surface area contributed by atoms with Crippen LogP contribution in [-0.4, -0.2) is 32.6 Å². The van der Waals surface area contributed by atoms with Crippen LogP contribution in [0.4, 0.5) is 11.4 Å². The summed E-state index contributed by atoms with van der Waals surface area (Å²) in [5.41, 5.74) is 2.84. The molecule has 0 bridgehead atoms. The second-order valence-corrected chi connectivity index (χ2v) is 6.54. The van der Waals surface area contributed by atoms with Gasteiger partial charge in [-0.15, -0.1) is 0 Å². The van der Waals surface area contributed by atoms with E-state index in [1.54, 1.807) is 24.3 Å². The maximum Gasteiger partial charge on any atom is 0.244 e. The van der Waals surface area contributed by atoms with Crippen LogP contribution in [0.15, 0.2) is 30.3 Å². The van der Waals surface area contributed by atoms with Gasteiger partial charge in [0.15, 0.2) is 0 Å². The van der Waals surface area contributed by atoms with Gasteiger partial charge < -0.3 is 14.8 Å². The Labute approximate surface area is 164 Å². The zero-order valence-corrected chi connectivity index (χ0v) is 16.8. The average Bonchev–Trinajstić information content (AvgIpc) is 2.61. The van der Waals surface area contributed by atoms with E-state index < -0.39 is 0 Å². The zero-order valence-electron chi connectivity index (χ0n) is 16.1. The fourth-order valence-corrected chi connectivity index (χ4v) is 3.14. The van der Waals surface area contributed by atoms with Crippen LogP contribution in [0, 0.1) is 13.8 Å². The Balaban J connectivity index is 2.30. The monoisotopic (exact) mass is 390 g/mol. The van der Waals surface area contributed by atoms with Crippen molar-refractivity contribution in [2.45, 2.75) is 20.8 Å². The number of carbonyl (C=O) groups is 2. The highest BCUT2D eigenvalue weighted by molar-refractivity contribution is 6.34. The lowest BCUT2D eigenvalue weighted by atomic mass is 10.1. The molecule has 1 N–H and O–H groups in total. The predicted molar refractivity (Wildman–Crippen MR) is 107 cm³/mol. The molecule has 6 nitrogen and oxygen atoms in total. The Morgan fingerprint density at radius 3 is 2.37 bits per heavy atom. The first-order valence-corrected chi connectivity index (χ1v) is 8.71. The molecule has 0 atom stereocenters. The molecule has 0 aromatic heterocycles. The molecule has 0 saturated heterocycles. The summed E-state index contributed by atoms with van der Waals surface area (Å²) in [6.07, 6.45) is 0. The number of hydrogen-bond donors (Lipinski definition) is 1. The van der Waals surface area contributed by atoms with Crippen LogP contribution in [0.25, 0.3) is 0 Å². The standard InChI is InChI=1S/C20H23ClN2O4/c1-12-8-13(2)20(16(21)9-12)22-19(25)11-23(14(3)24)17-10-15(26-4)6-7-18(17)27-5/h6-10H,11H2,1-5H3,(H,22,25). The maximum atomic E-state index is 12.6. The van der Waals surface area contributed by atoms with Crippen LogP contribution in [0.1, 0.15) is 18.1 Å². The summed E-state index contributed by atoms with van der Waals surface area (Å²) in [7, 11) is 3.03. The van der Waals surface area contributed by atoms with Crippen LogP contribution in [0.3, 0.4) is 0 Å². The summed E-state index contributed by atoms with van der Waals surface area (Å²) in [5.74, 6) is 0.339. The smallest absolute Gasteiger partial charge is 0.244 e. The Bertz CT molecular complexity index is 844. The third-order valence-corrected chi connectivity index (χ3v) is 4.35. The summed E-state index contributed by atoms with van der Waals surface area (Å²) in [4.78, 5) is 26.1. The van der Waals surface area contributed by atoms with Crippen molar-refractivity contribution >= 4 is 34.8 Å². The molecule has 0 saturated carbocycles. The molecule has 0 heterocycles. The molecule has 2 rings (SSSR count). The van der Waals surface area contributed by atoms with E-state index in [0.717, 1.165) is 11.1 Å². The number of rotatable bonds is 6. The van der Waals surface area contributed by atoms with Gasteiger partial charge in [0.25, 0.3) is 0 Å². The third-order valence-electron chi connectivity index (χ3n) is 4.05. The molecule has 0 aliphatic heterocycles. The van der Waals surface area contributed by atoms with Crippen molar-refractivity contribution in [3.05, 3.63) is 46.5 Å². The molecule has 2 amide bonds. The number of hydrogen-bond acceptors (Lipinski definition) is 4. The van der Waals surface area contributed by atoms with Crippen LogP contribution < -0.4 is 19.7 Å². The van der Waals surface area contributed by atoms with Crippen molar-refractivity contribution in [2.24, 2.45) is 0 Å². The number of amides is 2. The second-order valence-electron chi connectivity index (χ2n) is 6.13. The van der Waals surface area contributed by atoms with Crippen molar-refractivity contribution < 1.29 is 19.1 Å². The van der Waals surface area contributed by atoms with Gasteiger partial charge in [-0.3, -0.25) is 14.5 Å². The van der Waals surface area contributed by atoms with Gasteiger partial charge in [-0.05, 0) is 43.2 Å². The predicted octanol–water partition coefficient (Wildman–Crippen LogP) is 3.97. The maximum absolute atomic E-state index is 12.6. The molecule has 144 valence electrons. The number of ether oxygens (including phenoxy) is 2. The van der Waals surface area contributed by atoms with E-state index in [1.807, 2.05) is 19.9 Å². The lowest BCUT2D eigenvalue weighted by Gasteiger charge is -2.23. The van der Waals surface area contributed by atoms with Crippen molar-refractivity contribution in [1.29, 1.82) is 0 Å². The average molecular weight is 391 g/mol. The van der Waals surface area contributed by atoms with Crippen LogP contribution >= 0.6 is 11.6 Å². The van der Waals surface area contributed by atoms with Gasteiger partial charge >= 0.3 is 0 Å². The summed E-state index contributed by atoms with van der Waals surface area (Å²) >= 11 is 6.25. The molecule has 0 fully saturated rings. The van der Waals surface area contributed by atoms with Crippen molar-refractivity contribution in [3.63, 3.8) is 0 Å². The van der Waals surface area contributed by atoms with E-state index in [0.29, 0.717) is 27.9 Å². The molecule has 0 aliphatic carbocycles. The Kier molecular flexibility index (Phi) is 6.69. The first-order valence-electron chi connectivity index (χ1n) is 8.33. The summed E-state index contributed by atoms with van der Waals surface area (Å²) in [5, 5.41) is 3.24. The molecule has 27 heavy (non-hydrogen) atoms. The molecule has 0 radical (unpaired) electrons. The van der Waals surface area contributed by atoms with E-state index in [-0.39, 0.29) is 18.4 Å². The van der Waals surface area contributed by atoms with Crippen molar-refractivity contribution in [3.8, 4) is 11.5 Å². The molecule has 2 aromatic carbocycles. The lowest BCUT2D eigenvalue weighted by molar-refractivity contribution is -0.120. The van der Waals surface area contributed by atoms with Gasteiger partial charge in [-0.2, -0.15) is 0 Å². The second kappa shape index (κ2) is 8.77. The Hall–Kier alpha value is -2.73. The fraction of sp³-hybridized carbons (Fsp3) is 0.300. The highest BCUT2D eigenvalue weighted by Crippen LogP contribution is 2.33. The van der Waals surface area contributed by atoms with Crippen molar-refractivity contribution in [1.82, 2.24) is 0 Å². The molecule has 0 unspecified atom stereocenters. The van der Waals surface area contributed by atoms with Gasteiger partial charge in [0.2, 0.25) is 11.8 Å². The molecular formula is C20H23ClN2O4. The van der Waals surface area contributed by atoms with Crippen molar-refractivity contribution in [2.75, 3.05) is 31.0 Å². The minimum Gasteiger partial charge on any atom is -0.497 e. The number of anilines is 2. The number of nitrogens with one attached hydrogen (secondary N) is 1. The Morgan fingerprint density at radius 2 is 1.81 bits per heavy atom. The van der Waals surface area contributed by atoms with E-state index in [1.165, 1.54) is 26.0 Å². The highest BCUT2D eigenvalue weighted by atomic mass is 35.5. The van der Waals surface area contributed by atoms with E-state index in [2.05, 4.69) is 5.32 Å². The SMILES string of the molecule is COc1ccc(OC)c(N(CC(=O)Nc2c(C)cc(C)cc2Cl)C(C)=O)c1. The minimum atomic E-state index is -0.371. The molecule has 7 heteroatoms. The normalized spacial score (nSPS) is 10.3. The number of benzene rings is 2. The van der Waals surface area contributed by atoms with Crippen LogP contribution in [-0.2, 0) is 9.59 Å². The lowest BCUT2D eigenvalue weighted by Crippen LogP contribution is -2.37. The summed E-state index contributed by atoms with van der Waals surface area (Å²) in [6, 6.07) is 8.75. The van der Waals surface area contributed by atoms with Gasteiger partial charge in [0, 0.05) is 13.0 Å². The largest absolute Gasteiger partial charge is 0.497 e. The number of halogens is 1. The summed E-state index contributed by atoms with van der Waals surface area (Å²) < 4.78 is 10.5. The van der Waals surface area contributed by atoms with Gasteiger partial charge in [0.05, 0.1) is 30.6 Å². The van der Waals surface area contributed by atoms with E-state index >= 15 is 0 Å².